The van der Waals surface area contributed by atoms with Gasteiger partial charge in [-0.2, -0.15) is 0 Å². The smallest absolute Gasteiger partial charge is 0.246 e. The van der Waals surface area contributed by atoms with Gasteiger partial charge in [-0.1, -0.05) is 6.08 Å². The number of rotatable bonds is 6. The maximum absolute atomic E-state index is 11.7. The average Bonchev–Trinajstić information content (AvgIpc) is 2.34. The van der Waals surface area contributed by atoms with Gasteiger partial charge >= 0.3 is 0 Å². The van der Waals surface area contributed by atoms with E-state index in [2.05, 4.69) is 5.32 Å². The molecule has 1 fully saturated rings. The zero-order valence-corrected chi connectivity index (χ0v) is 10.1. The van der Waals surface area contributed by atoms with Crippen LogP contribution in [0.4, 0.5) is 0 Å². The molecule has 1 N–H and O–H groups in total. The molecule has 4 nitrogen and oxygen atoms in total. The molecule has 0 unspecified atom stereocenters. The van der Waals surface area contributed by atoms with E-state index >= 15 is 0 Å². The highest BCUT2D eigenvalue weighted by Gasteiger charge is 2.13. The topological polar surface area (TPSA) is 41.6 Å². The fourth-order valence-electron chi connectivity index (χ4n) is 1.74. The Balaban J connectivity index is 2.10. The number of likely N-dealkylation sites (tertiary alicyclic amines) is 1. The Kier molecular flexibility index (Phi) is 6.85. The Morgan fingerprint density at radius 2 is 2.12 bits per heavy atom. The lowest BCUT2D eigenvalue weighted by molar-refractivity contribution is -0.126. The van der Waals surface area contributed by atoms with Crippen LogP contribution in [0.2, 0.25) is 0 Å². The molecule has 1 rings (SSSR count). The fourth-order valence-corrected chi connectivity index (χ4v) is 1.74. The van der Waals surface area contributed by atoms with Crippen LogP contribution >= 0.6 is 0 Å². The van der Waals surface area contributed by atoms with E-state index in [1.54, 1.807) is 13.2 Å². The van der Waals surface area contributed by atoms with E-state index in [0.29, 0.717) is 6.61 Å². The normalized spacial score (nSPS) is 16.9. The van der Waals surface area contributed by atoms with Crippen molar-refractivity contribution in [2.75, 3.05) is 39.9 Å². The van der Waals surface area contributed by atoms with Gasteiger partial charge in [0, 0.05) is 39.4 Å². The first-order valence-electron chi connectivity index (χ1n) is 5.99. The van der Waals surface area contributed by atoms with Gasteiger partial charge in [0.1, 0.15) is 0 Å². The number of carbonyl (C=O) groups excluding carboxylic acids is 1. The van der Waals surface area contributed by atoms with Crippen molar-refractivity contribution < 1.29 is 9.53 Å². The van der Waals surface area contributed by atoms with Crippen molar-refractivity contribution in [1.82, 2.24) is 10.2 Å². The maximum atomic E-state index is 11.7. The number of piperidine rings is 1. The Hall–Kier alpha value is -0.870. The molecule has 4 heteroatoms. The van der Waals surface area contributed by atoms with Crippen LogP contribution in [0.25, 0.3) is 0 Å². The molecule has 0 aromatic rings. The Morgan fingerprint density at radius 1 is 1.38 bits per heavy atom. The zero-order chi connectivity index (χ0) is 11.6. The van der Waals surface area contributed by atoms with Gasteiger partial charge in [0.25, 0.3) is 0 Å². The van der Waals surface area contributed by atoms with Crippen LogP contribution in [0.1, 0.15) is 19.3 Å². The molecule has 16 heavy (non-hydrogen) atoms. The Labute approximate surface area is 97.6 Å². The second-order valence-electron chi connectivity index (χ2n) is 3.99. The van der Waals surface area contributed by atoms with E-state index in [1.807, 2.05) is 11.0 Å². The van der Waals surface area contributed by atoms with Crippen LogP contribution in [-0.4, -0.2) is 50.7 Å². The number of amides is 1. The molecule has 1 heterocycles. The summed E-state index contributed by atoms with van der Waals surface area (Å²) in [6.07, 6.45) is 7.10. The highest BCUT2D eigenvalue weighted by Crippen LogP contribution is 2.08. The first-order valence-corrected chi connectivity index (χ1v) is 5.99. The SMILES string of the molecule is COCCNC/C=C/C(=O)N1CCCCC1. The number of ether oxygens (including phenoxy) is 1. The van der Waals surface area contributed by atoms with Gasteiger partial charge in [-0.15, -0.1) is 0 Å². The van der Waals surface area contributed by atoms with Crippen LogP contribution in [0.3, 0.4) is 0 Å². The average molecular weight is 226 g/mol. The lowest BCUT2D eigenvalue weighted by Crippen LogP contribution is -2.34. The highest BCUT2D eigenvalue weighted by atomic mass is 16.5. The second kappa shape index (κ2) is 8.30. The molecule has 0 saturated carbocycles. The first kappa shape index (κ1) is 13.2. The number of methoxy groups -OCH3 is 1. The molecule has 1 saturated heterocycles. The van der Waals surface area contributed by atoms with E-state index in [4.69, 9.17) is 4.74 Å². The molecule has 0 atom stereocenters. The van der Waals surface area contributed by atoms with Crippen LogP contribution in [-0.2, 0) is 9.53 Å². The summed E-state index contributed by atoms with van der Waals surface area (Å²) in [5.41, 5.74) is 0. The lowest BCUT2D eigenvalue weighted by atomic mass is 10.1. The predicted molar refractivity (Wildman–Crippen MR) is 64.3 cm³/mol. The van der Waals surface area contributed by atoms with E-state index in [0.717, 1.165) is 39.0 Å². The van der Waals surface area contributed by atoms with Gasteiger partial charge in [-0.25, -0.2) is 0 Å². The quantitative estimate of drug-likeness (QED) is 0.538. The molecule has 0 radical (unpaired) electrons. The third-order valence-electron chi connectivity index (χ3n) is 2.67. The molecule has 0 aromatic carbocycles. The van der Waals surface area contributed by atoms with E-state index in [1.165, 1.54) is 6.42 Å². The van der Waals surface area contributed by atoms with Crippen molar-refractivity contribution in [2.24, 2.45) is 0 Å². The first-order chi connectivity index (χ1) is 7.84. The summed E-state index contributed by atoms with van der Waals surface area (Å²) in [5.74, 6) is 0.147. The second-order valence-corrected chi connectivity index (χ2v) is 3.99. The number of hydrogen-bond acceptors (Lipinski definition) is 3. The van der Waals surface area contributed by atoms with Crippen LogP contribution < -0.4 is 5.32 Å². The maximum Gasteiger partial charge on any atom is 0.246 e. The number of hydrogen-bond donors (Lipinski definition) is 1. The van der Waals surface area contributed by atoms with Crippen LogP contribution in [0, 0.1) is 0 Å². The van der Waals surface area contributed by atoms with Crippen molar-refractivity contribution in [1.29, 1.82) is 0 Å². The Morgan fingerprint density at radius 3 is 2.81 bits per heavy atom. The van der Waals surface area contributed by atoms with Gasteiger partial charge in [0.2, 0.25) is 5.91 Å². The predicted octanol–water partition coefficient (Wildman–Crippen LogP) is 0.791. The van der Waals surface area contributed by atoms with Gasteiger partial charge < -0.3 is 15.0 Å². The summed E-state index contributed by atoms with van der Waals surface area (Å²) in [5, 5.41) is 3.16. The van der Waals surface area contributed by atoms with Crippen molar-refractivity contribution in [3.63, 3.8) is 0 Å². The molecule has 0 bridgehead atoms. The number of nitrogens with zero attached hydrogens (tertiary/aromatic N) is 1. The minimum atomic E-state index is 0.147. The summed E-state index contributed by atoms with van der Waals surface area (Å²) in [7, 11) is 1.68. The van der Waals surface area contributed by atoms with Crippen molar-refractivity contribution in [2.45, 2.75) is 19.3 Å². The number of nitrogens with one attached hydrogen (secondary N) is 1. The largest absolute Gasteiger partial charge is 0.383 e. The van der Waals surface area contributed by atoms with Gasteiger partial charge in [0.05, 0.1) is 6.61 Å². The molecule has 0 aliphatic carbocycles. The van der Waals surface area contributed by atoms with E-state index in [-0.39, 0.29) is 5.91 Å². The fraction of sp³-hybridized carbons (Fsp3) is 0.750. The molecular formula is C12H22N2O2. The van der Waals surface area contributed by atoms with Crippen LogP contribution in [0.15, 0.2) is 12.2 Å². The molecule has 92 valence electrons. The third kappa shape index (κ3) is 5.28. The minimum Gasteiger partial charge on any atom is -0.383 e. The van der Waals surface area contributed by atoms with Crippen LogP contribution in [0.5, 0.6) is 0 Å². The zero-order valence-electron chi connectivity index (χ0n) is 10.1. The van der Waals surface area contributed by atoms with Gasteiger partial charge in [0.15, 0.2) is 0 Å². The Bertz CT molecular complexity index is 223. The third-order valence-corrected chi connectivity index (χ3v) is 2.67. The lowest BCUT2D eigenvalue weighted by Gasteiger charge is -2.25. The summed E-state index contributed by atoms with van der Waals surface area (Å²) in [4.78, 5) is 13.6. The van der Waals surface area contributed by atoms with Crippen molar-refractivity contribution in [3.8, 4) is 0 Å². The molecule has 1 aliphatic heterocycles. The summed E-state index contributed by atoms with van der Waals surface area (Å²) >= 11 is 0. The molecule has 1 amide bonds. The van der Waals surface area contributed by atoms with Crippen molar-refractivity contribution >= 4 is 5.91 Å². The highest BCUT2D eigenvalue weighted by molar-refractivity contribution is 5.87. The summed E-state index contributed by atoms with van der Waals surface area (Å²) in [6.45, 7) is 4.08. The van der Waals surface area contributed by atoms with E-state index in [9.17, 15) is 4.79 Å². The minimum absolute atomic E-state index is 0.147. The monoisotopic (exact) mass is 226 g/mol. The standard InChI is InChI=1S/C12H22N2O2/c1-16-11-8-13-7-5-6-12(15)14-9-3-2-4-10-14/h5-6,13H,2-4,7-11H2,1H3/b6-5+. The number of carbonyl (C=O) groups is 1. The molecule has 0 spiro atoms. The summed E-state index contributed by atoms with van der Waals surface area (Å²) in [6, 6.07) is 0. The van der Waals surface area contributed by atoms with Crippen molar-refractivity contribution in [3.05, 3.63) is 12.2 Å². The van der Waals surface area contributed by atoms with Gasteiger partial charge in [-0.3, -0.25) is 4.79 Å². The molecule has 0 aromatic heterocycles. The van der Waals surface area contributed by atoms with E-state index < -0.39 is 0 Å². The molecule has 1 aliphatic rings. The molecular weight excluding hydrogens is 204 g/mol. The van der Waals surface area contributed by atoms with Gasteiger partial charge in [-0.05, 0) is 19.3 Å². The summed E-state index contributed by atoms with van der Waals surface area (Å²) < 4.78 is 4.90.